The van der Waals surface area contributed by atoms with E-state index in [4.69, 9.17) is 16.0 Å². The first-order valence-electron chi connectivity index (χ1n) is 9.22. The summed E-state index contributed by atoms with van der Waals surface area (Å²) in [7, 11) is 0. The molecule has 0 saturated carbocycles. The quantitative estimate of drug-likeness (QED) is 0.571. The minimum Gasteiger partial charge on any atom is -0.441 e. The lowest BCUT2D eigenvalue weighted by Crippen LogP contribution is -2.15. The SMILES string of the molecule is CCc1ccc(Cl)c(CC)c1NC(=O)CCc1ncc(-c2ccccc2)o1. The van der Waals surface area contributed by atoms with Gasteiger partial charge in [0, 0.05) is 29.1 Å². The molecule has 3 rings (SSSR count). The van der Waals surface area contributed by atoms with E-state index in [2.05, 4.69) is 17.2 Å². The average Bonchev–Trinajstić information content (AvgIpc) is 3.17. The number of nitrogens with zero attached hydrogens (tertiary/aromatic N) is 1. The number of aromatic nitrogens is 1. The standard InChI is InChI=1S/C22H23ClN2O2/c1-3-15-10-11-18(23)17(4-2)22(15)25-20(26)12-13-21-24-14-19(27-21)16-8-6-5-7-9-16/h5-11,14H,3-4,12-13H2,1-2H3,(H,25,26). The van der Waals surface area contributed by atoms with Crippen LogP contribution in [0.2, 0.25) is 5.02 Å². The van der Waals surface area contributed by atoms with Crippen LogP contribution in [0.5, 0.6) is 0 Å². The van der Waals surface area contributed by atoms with E-state index in [1.165, 1.54) is 0 Å². The van der Waals surface area contributed by atoms with Gasteiger partial charge in [-0.3, -0.25) is 4.79 Å². The van der Waals surface area contributed by atoms with Crippen LogP contribution < -0.4 is 5.32 Å². The lowest BCUT2D eigenvalue weighted by molar-refractivity contribution is -0.116. The van der Waals surface area contributed by atoms with Crippen molar-refractivity contribution in [3.8, 4) is 11.3 Å². The first kappa shape index (κ1) is 19.2. The predicted octanol–water partition coefficient (Wildman–Crippen LogP) is 5.69. The van der Waals surface area contributed by atoms with Gasteiger partial charge in [-0.1, -0.05) is 61.8 Å². The zero-order valence-corrected chi connectivity index (χ0v) is 16.3. The molecule has 3 aromatic rings. The van der Waals surface area contributed by atoms with Gasteiger partial charge < -0.3 is 9.73 Å². The van der Waals surface area contributed by atoms with Crippen molar-refractivity contribution in [1.29, 1.82) is 0 Å². The summed E-state index contributed by atoms with van der Waals surface area (Å²) in [6.07, 6.45) is 4.04. The molecule has 1 heterocycles. The van der Waals surface area contributed by atoms with E-state index in [0.29, 0.717) is 29.5 Å². The van der Waals surface area contributed by atoms with Crippen molar-refractivity contribution in [2.75, 3.05) is 5.32 Å². The fourth-order valence-electron chi connectivity index (χ4n) is 3.05. The number of halogens is 1. The molecule has 0 unspecified atom stereocenters. The molecule has 0 radical (unpaired) electrons. The maximum atomic E-state index is 12.5. The fraction of sp³-hybridized carbons (Fsp3) is 0.273. The molecule has 4 nitrogen and oxygen atoms in total. The summed E-state index contributed by atoms with van der Waals surface area (Å²) in [6.45, 7) is 4.10. The highest BCUT2D eigenvalue weighted by molar-refractivity contribution is 6.32. The summed E-state index contributed by atoms with van der Waals surface area (Å²) in [5.41, 5.74) is 3.88. The summed E-state index contributed by atoms with van der Waals surface area (Å²) in [5, 5.41) is 3.72. The van der Waals surface area contributed by atoms with Crippen LogP contribution in [-0.2, 0) is 24.1 Å². The molecule has 0 aliphatic rings. The molecule has 0 spiro atoms. The van der Waals surface area contributed by atoms with Gasteiger partial charge in [-0.25, -0.2) is 4.98 Å². The Labute approximate surface area is 164 Å². The number of hydrogen-bond acceptors (Lipinski definition) is 3. The first-order valence-corrected chi connectivity index (χ1v) is 9.60. The molecule has 140 valence electrons. The number of anilines is 1. The van der Waals surface area contributed by atoms with Gasteiger partial charge in [0.1, 0.15) is 0 Å². The van der Waals surface area contributed by atoms with E-state index in [1.807, 2.05) is 49.4 Å². The number of carbonyl (C=O) groups excluding carboxylic acids is 1. The topological polar surface area (TPSA) is 55.1 Å². The summed E-state index contributed by atoms with van der Waals surface area (Å²) in [6, 6.07) is 13.7. The highest BCUT2D eigenvalue weighted by Crippen LogP contribution is 2.29. The molecule has 2 aromatic carbocycles. The van der Waals surface area contributed by atoms with Crippen molar-refractivity contribution in [3.05, 3.63) is 70.7 Å². The fourth-order valence-corrected chi connectivity index (χ4v) is 3.34. The Morgan fingerprint density at radius 3 is 2.59 bits per heavy atom. The molecule has 1 amide bonds. The Morgan fingerprint density at radius 2 is 1.89 bits per heavy atom. The van der Waals surface area contributed by atoms with Crippen LogP contribution in [0.1, 0.15) is 37.3 Å². The van der Waals surface area contributed by atoms with Crippen molar-refractivity contribution in [2.45, 2.75) is 39.5 Å². The number of aryl methyl sites for hydroxylation is 2. The van der Waals surface area contributed by atoms with Crippen LogP contribution in [0, 0.1) is 0 Å². The molecule has 5 heteroatoms. The van der Waals surface area contributed by atoms with Gasteiger partial charge in [-0.05, 0) is 30.0 Å². The molecule has 0 bridgehead atoms. The largest absolute Gasteiger partial charge is 0.441 e. The molecule has 0 aliphatic heterocycles. The number of hydrogen-bond donors (Lipinski definition) is 1. The number of amides is 1. The average molecular weight is 383 g/mol. The van der Waals surface area contributed by atoms with E-state index in [0.717, 1.165) is 35.2 Å². The van der Waals surface area contributed by atoms with Gasteiger partial charge in [0.15, 0.2) is 11.7 Å². The Balaban J connectivity index is 1.66. The highest BCUT2D eigenvalue weighted by atomic mass is 35.5. The number of nitrogens with one attached hydrogen (secondary N) is 1. The third-order valence-electron chi connectivity index (χ3n) is 4.52. The molecular weight excluding hydrogens is 360 g/mol. The zero-order chi connectivity index (χ0) is 19.2. The van der Waals surface area contributed by atoms with Crippen LogP contribution in [0.15, 0.2) is 53.1 Å². The van der Waals surface area contributed by atoms with E-state index in [9.17, 15) is 4.79 Å². The van der Waals surface area contributed by atoms with Crippen LogP contribution >= 0.6 is 11.6 Å². The third kappa shape index (κ3) is 4.58. The van der Waals surface area contributed by atoms with Gasteiger partial charge >= 0.3 is 0 Å². The molecule has 0 atom stereocenters. The Hall–Kier alpha value is -2.59. The maximum absolute atomic E-state index is 12.5. The normalized spacial score (nSPS) is 10.8. The Morgan fingerprint density at radius 1 is 1.11 bits per heavy atom. The molecule has 0 fully saturated rings. The molecule has 0 saturated heterocycles. The molecule has 1 N–H and O–H groups in total. The Kier molecular flexibility index (Phi) is 6.30. The van der Waals surface area contributed by atoms with Gasteiger partial charge in [0.25, 0.3) is 0 Å². The third-order valence-corrected chi connectivity index (χ3v) is 4.87. The second kappa shape index (κ2) is 8.87. The summed E-state index contributed by atoms with van der Waals surface area (Å²) < 4.78 is 5.77. The molecule has 0 aliphatic carbocycles. The van der Waals surface area contributed by atoms with Crippen LogP contribution in [-0.4, -0.2) is 10.9 Å². The monoisotopic (exact) mass is 382 g/mol. The van der Waals surface area contributed by atoms with Crippen molar-refractivity contribution >= 4 is 23.2 Å². The van der Waals surface area contributed by atoms with Gasteiger partial charge in [0.05, 0.1) is 6.20 Å². The lowest BCUT2D eigenvalue weighted by atomic mass is 10.0. The summed E-state index contributed by atoms with van der Waals surface area (Å²) in [5.74, 6) is 1.20. The van der Waals surface area contributed by atoms with Gasteiger partial charge in [-0.15, -0.1) is 0 Å². The second-order valence-corrected chi connectivity index (χ2v) is 6.71. The van der Waals surface area contributed by atoms with E-state index in [-0.39, 0.29) is 5.91 Å². The summed E-state index contributed by atoms with van der Waals surface area (Å²) in [4.78, 5) is 16.8. The number of rotatable bonds is 7. The zero-order valence-electron chi connectivity index (χ0n) is 15.6. The van der Waals surface area contributed by atoms with Gasteiger partial charge in [0.2, 0.25) is 5.91 Å². The van der Waals surface area contributed by atoms with E-state index >= 15 is 0 Å². The smallest absolute Gasteiger partial charge is 0.224 e. The lowest BCUT2D eigenvalue weighted by Gasteiger charge is -2.15. The van der Waals surface area contributed by atoms with Crippen LogP contribution in [0.25, 0.3) is 11.3 Å². The van der Waals surface area contributed by atoms with E-state index in [1.54, 1.807) is 6.20 Å². The number of benzene rings is 2. The minimum absolute atomic E-state index is 0.0684. The van der Waals surface area contributed by atoms with Crippen LogP contribution in [0.3, 0.4) is 0 Å². The highest BCUT2D eigenvalue weighted by Gasteiger charge is 2.14. The Bertz CT molecular complexity index is 919. The van der Waals surface area contributed by atoms with Crippen molar-refractivity contribution < 1.29 is 9.21 Å². The van der Waals surface area contributed by atoms with Crippen molar-refractivity contribution in [1.82, 2.24) is 4.98 Å². The van der Waals surface area contributed by atoms with Crippen molar-refractivity contribution in [2.24, 2.45) is 0 Å². The maximum Gasteiger partial charge on any atom is 0.224 e. The molecule has 1 aromatic heterocycles. The van der Waals surface area contributed by atoms with Gasteiger partial charge in [-0.2, -0.15) is 0 Å². The first-order chi connectivity index (χ1) is 13.1. The second-order valence-electron chi connectivity index (χ2n) is 6.30. The van der Waals surface area contributed by atoms with E-state index < -0.39 is 0 Å². The number of carbonyl (C=O) groups is 1. The minimum atomic E-state index is -0.0684. The predicted molar refractivity (Wildman–Crippen MR) is 109 cm³/mol. The number of oxazole rings is 1. The van der Waals surface area contributed by atoms with Crippen molar-refractivity contribution in [3.63, 3.8) is 0 Å². The molecular formula is C22H23ClN2O2. The molecule has 27 heavy (non-hydrogen) atoms. The summed E-state index contributed by atoms with van der Waals surface area (Å²) >= 11 is 6.30. The van der Waals surface area contributed by atoms with Crippen LogP contribution in [0.4, 0.5) is 5.69 Å².